The van der Waals surface area contributed by atoms with Crippen molar-refractivity contribution in [2.24, 2.45) is 0 Å². The Balaban J connectivity index is 2.47. The molecular formula is C12H13ClO3. The van der Waals surface area contributed by atoms with Crippen LogP contribution in [-0.4, -0.2) is 24.3 Å². The van der Waals surface area contributed by atoms with Gasteiger partial charge in [0.05, 0.1) is 5.56 Å². The zero-order valence-corrected chi connectivity index (χ0v) is 9.48. The predicted octanol–water partition coefficient (Wildman–Crippen LogP) is 2.35. The molecule has 0 heterocycles. The molecule has 86 valence electrons. The van der Waals surface area contributed by atoms with Gasteiger partial charge in [0, 0.05) is 12.1 Å². The third-order valence-electron chi connectivity index (χ3n) is 1.99. The number of hydrogen-bond donors (Lipinski definition) is 1. The van der Waals surface area contributed by atoms with E-state index in [2.05, 4.69) is 0 Å². The Morgan fingerprint density at radius 3 is 2.62 bits per heavy atom. The van der Waals surface area contributed by atoms with Crippen molar-refractivity contribution in [1.29, 1.82) is 0 Å². The summed E-state index contributed by atoms with van der Waals surface area (Å²) in [4.78, 5) is 11.5. The van der Waals surface area contributed by atoms with Gasteiger partial charge >= 0.3 is 5.97 Å². The maximum atomic E-state index is 11.5. The first-order chi connectivity index (χ1) is 7.77. The number of carbonyl (C=O) groups is 1. The zero-order chi connectivity index (χ0) is 11.8. The van der Waals surface area contributed by atoms with Crippen LogP contribution in [0.1, 0.15) is 16.8 Å². The average Bonchev–Trinajstić information content (AvgIpc) is 2.35. The van der Waals surface area contributed by atoms with Crippen molar-refractivity contribution in [2.75, 3.05) is 13.2 Å². The first-order valence-corrected chi connectivity index (χ1v) is 5.32. The summed E-state index contributed by atoms with van der Waals surface area (Å²) in [6.07, 6.45) is 0.408. The smallest absolute Gasteiger partial charge is 0.338 e. The van der Waals surface area contributed by atoms with Crippen LogP contribution in [-0.2, 0) is 4.74 Å². The number of ether oxygens (including phenoxy) is 1. The van der Waals surface area contributed by atoms with Crippen LogP contribution in [0.3, 0.4) is 0 Å². The van der Waals surface area contributed by atoms with Gasteiger partial charge in [-0.1, -0.05) is 29.8 Å². The van der Waals surface area contributed by atoms with E-state index in [1.807, 2.05) is 6.07 Å². The van der Waals surface area contributed by atoms with E-state index in [0.717, 1.165) is 0 Å². The van der Waals surface area contributed by atoms with E-state index in [1.165, 1.54) is 5.54 Å². The van der Waals surface area contributed by atoms with Crippen LogP contribution in [0.25, 0.3) is 0 Å². The van der Waals surface area contributed by atoms with Crippen molar-refractivity contribution >= 4 is 17.6 Å². The summed E-state index contributed by atoms with van der Waals surface area (Å²) in [5.74, 6) is -0.394. The van der Waals surface area contributed by atoms with Gasteiger partial charge in [-0.05, 0) is 24.1 Å². The Hall–Kier alpha value is -1.32. The number of rotatable bonds is 5. The lowest BCUT2D eigenvalue weighted by molar-refractivity contribution is 0.0535. The first-order valence-electron chi connectivity index (χ1n) is 4.89. The van der Waals surface area contributed by atoms with Crippen molar-refractivity contribution in [2.45, 2.75) is 6.42 Å². The minimum absolute atomic E-state index is 0.0125. The monoisotopic (exact) mass is 240 g/mol. The molecule has 0 saturated carbocycles. The number of benzene rings is 1. The van der Waals surface area contributed by atoms with E-state index < -0.39 is 5.97 Å². The molecule has 0 amide bonds. The lowest BCUT2D eigenvalue weighted by Gasteiger charge is -2.06. The third-order valence-corrected chi connectivity index (χ3v) is 2.29. The van der Waals surface area contributed by atoms with Gasteiger partial charge in [-0.15, -0.1) is 0 Å². The van der Waals surface area contributed by atoms with Crippen molar-refractivity contribution in [3.05, 3.63) is 47.0 Å². The highest BCUT2D eigenvalue weighted by Gasteiger charge is 2.06. The van der Waals surface area contributed by atoms with Crippen molar-refractivity contribution in [1.82, 2.24) is 0 Å². The molecule has 16 heavy (non-hydrogen) atoms. The highest BCUT2D eigenvalue weighted by atomic mass is 35.5. The SMILES string of the molecule is O=C(OCC(=CCl)CCO)c1ccccc1. The van der Waals surface area contributed by atoms with E-state index in [1.54, 1.807) is 24.3 Å². The summed E-state index contributed by atoms with van der Waals surface area (Å²) in [6.45, 7) is 0.0965. The van der Waals surface area contributed by atoms with Gasteiger partial charge in [-0.3, -0.25) is 0 Å². The van der Waals surface area contributed by atoms with Crippen molar-refractivity contribution in [3.8, 4) is 0 Å². The molecule has 0 unspecified atom stereocenters. The molecule has 0 bridgehead atoms. The van der Waals surface area contributed by atoms with Crippen LogP contribution in [0.4, 0.5) is 0 Å². The predicted molar refractivity (Wildman–Crippen MR) is 62.4 cm³/mol. The summed E-state index contributed by atoms with van der Waals surface area (Å²) in [5.41, 5.74) is 2.52. The van der Waals surface area contributed by atoms with E-state index in [9.17, 15) is 4.79 Å². The van der Waals surface area contributed by atoms with Gasteiger partial charge in [-0.25, -0.2) is 4.79 Å². The highest BCUT2D eigenvalue weighted by molar-refractivity contribution is 6.25. The maximum absolute atomic E-state index is 11.5. The summed E-state index contributed by atoms with van der Waals surface area (Å²) in [7, 11) is 0. The fraction of sp³-hybridized carbons (Fsp3) is 0.250. The second kappa shape index (κ2) is 7.04. The molecule has 1 rings (SSSR count). The van der Waals surface area contributed by atoms with Crippen LogP contribution >= 0.6 is 11.6 Å². The standard InChI is InChI=1S/C12H13ClO3/c13-8-10(6-7-14)9-16-12(15)11-4-2-1-3-5-11/h1-5,8,14H,6-7,9H2. The highest BCUT2D eigenvalue weighted by Crippen LogP contribution is 2.06. The molecule has 0 aliphatic heterocycles. The number of aliphatic hydroxyl groups excluding tert-OH is 1. The normalized spacial score (nSPS) is 11.2. The molecule has 1 aromatic rings. The molecule has 0 aliphatic rings. The average molecular weight is 241 g/mol. The first kappa shape index (κ1) is 12.7. The largest absolute Gasteiger partial charge is 0.458 e. The molecule has 1 aromatic carbocycles. The molecule has 0 spiro atoms. The maximum Gasteiger partial charge on any atom is 0.338 e. The van der Waals surface area contributed by atoms with E-state index in [4.69, 9.17) is 21.4 Å². The fourth-order valence-corrected chi connectivity index (χ4v) is 1.29. The number of hydrogen-bond acceptors (Lipinski definition) is 3. The van der Waals surface area contributed by atoms with Crippen LogP contribution in [0.2, 0.25) is 0 Å². The quantitative estimate of drug-likeness (QED) is 0.804. The molecule has 0 radical (unpaired) electrons. The third kappa shape index (κ3) is 4.04. The molecule has 1 N–H and O–H groups in total. The van der Waals surface area contributed by atoms with Gasteiger partial charge in [0.2, 0.25) is 0 Å². The lowest BCUT2D eigenvalue weighted by atomic mass is 10.2. The van der Waals surface area contributed by atoms with Crippen LogP contribution < -0.4 is 0 Å². The van der Waals surface area contributed by atoms with Crippen molar-refractivity contribution < 1.29 is 14.6 Å². The summed E-state index contributed by atoms with van der Waals surface area (Å²) in [5, 5.41) is 8.71. The van der Waals surface area contributed by atoms with Crippen LogP contribution in [0.5, 0.6) is 0 Å². The Labute approximate surface area is 99.3 Å². The van der Waals surface area contributed by atoms with Crippen LogP contribution in [0.15, 0.2) is 41.4 Å². The molecule has 3 nitrogen and oxygen atoms in total. The molecular weight excluding hydrogens is 228 g/mol. The Morgan fingerprint density at radius 1 is 1.38 bits per heavy atom. The van der Waals surface area contributed by atoms with E-state index in [0.29, 0.717) is 17.6 Å². The summed E-state index contributed by atoms with van der Waals surface area (Å²) < 4.78 is 5.03. The number of halogens is 1. The zero-order valence-electron chi connectivity index (χ0n) is 8.73. The number of esters is 1. The van der Waals surface area contributed by atoms with Gasteiger partial charge < -0.3 is 9.84 Å². The minimum Gasteiger partial charge on any atom is -0.458 e. The topological polar surface area (TPSA) is 46.5 Å². The van der Waals surface area contributed by atoms with Gasteiger partial charge in [0.15, 0.2) is 0 Å². The second-order valence-electron chi connectivity index (χ2n) is 3.18. The van der Waals surface area contributed by atoms with E-state index in [-0.39, 0.29) is 13.2 Å². The van der Waals surface area contributed by atoms with Gasteiger partial charge in [-0.2, -0.15) is 0 Å². The molecule has 0 fully saturated rings. The van der Waals surface area contributed by atoms with Crippen LogP contribution in [0, 0.1) is 0 Å². The van der Waals surface area contributed by atoms with Gasteiger partial charge in [0.25, 0.3) is 0 Å². The molecule has 4 heteroatoms. The fourth-order valence-electron chi connectivity index (χ4n) is 1.12. The molecule has 0 aromatic heterocycles. The number of carbonyl (C=O) groups excluding carboxylic acids is 1. The Morgan fingerprint density at radius 2 is 2.06 bits per heavy atom. The van der Waals surface area contributed by atoms with Crippen molar-refractivity contribution in [3.63, 3.8) is 0 Å². The Kier molecular flexibility index (Phi) is 5.61. The minimum atomic E-state index is -0.394. The second-order valence-corrected chi connectivity index (χ2v) is 3.40. The summed E-state index contributed by atoms with van der Waals surface area (Å²) in [6, 6.07) is 8.72. The molecule has 0 aliphatic carbocycles. The number of aliphatic hydroxyl groups is 1. The van der Waals surface area contributed by atoms with Gasteiger partial charge in [0.1, 0.15) is 6.61 Å². The molecule has 0 saturated heterocycles. The lowest BCUT2D eigenvalue weighted by Crippen LogP contribution is -2.08. The van der Waals surface area contributed by atoms with E-state index >= 15 is 0 Å². The Bertz CT molecular complexity index is 360. The summed E-state index contributed by atoms with van der Waals surface area (Å²) >= 11 is 5.51. The molecule has 0 atom stereocenters.